The molecule has 1 atom stereocenters. The molecule has 0 aromatic carbocycles. The summed E-state index contributed by atoms with van der Waals surface area (Å²) in [4.78, 5) is 24.9. The fourth-order valence-corrected chi connectivity index (χ4v) is 4.44. The third-order valence-electron chi connectivity index (χ3n) is 6.16. The predicted octanol–water partition coefficient (Wildman–Crippen LogP) is 2.08. The van der Waals surface area contributed by atoms with Gasteiger partial charge in [0.25, 0.3) is 0 Å². The van der Waals surface area contributed by atoms with Crippen LogP contribution in [0.3, 0.4) is 0 Å². The maximum Gasteiger partial charge on any atom is 0.236 e. The molecule has 176 valence electrons. The van der Waals surface area contributed by atoms with E-state index in [0.717, 1.165) is 18.4 Å². The Hall–Kier alpha value is -3.78. The molecule has 2 fully saturated rings. The largest absolute Gasteiger partial charge is 0.378 e. The number of carbonyl (C=O) groups is 1. The fraction of sp³-hybridized carbons (Fsp3) is 0.435. The summed E-state index contributed by atoms with van der Waals surface area (Å²) in [6.45, 7) is 3.04. The zero-order valence-electron chi connectivity index (χ0n) is 18.7. The van der Waals surface area contributed by atoms with Crippen molar-refractivity contribution in [2.24, 2.45) is 0 Å². The van der Waals surface area contributed by atoms with Crippen LogP contribution in [-0.2, 0) is 9.53 Å². The first-order valence-electron chi connectivity index (χ1n) is 11.4. The Kier molecular flexibility index (Phi) is 6.22. The van der Waals surface area contributed by atoms with Crippen molar-refractivity contribution in [3.05, 3.63) is 36.4 Å². The monoisotopic (exact) mass is 464 g/mol. The summed E-state index contributed by atoms with van der Waals surface area (Å²) in [7, 11) is 0. The van der Waals surface area contributed by atoms with Gasteiger partial charge >= 0.3 is 0 Å². The van der Waals surface area contributed by atoms with E-state index in [1.807, 2.05) is 35.4 Å². The maximum atomic E-state index is 15.7. The van der Waals surface area contributed by atoms with E-state index in [9.17, 15) is 4.79 Å². The van der Waals surface area contributed by atoms with E-state index >= 15 is 4.39 Å². The van der Waals surface area contributed by atoms with Crippen LogP contribution in [0.15, 0.2) is 30.6 Å². The number of aromatic nitrogens is 4. The lowest BCUT2D eigenvalue weighted by atomic mass is 10.1. The van der Waals surface area contributed by atoms with Gasteiger partial charge in [0.05, 0.1) is 36.6 Å². The lowest BCUT2D eigenvalue weighted by Gasteiger charge is -2.33. The molecular formula is C23H25FN8O2. The van der Waals surface area contributed by atoms with Crippen LogP contribution in [-0.4, -0.2) is 75.8 Å². The van der Waals surface area contributed by atoms with Gasteiger partial charge in [0.15, 0.2) is 17.5 Å². The molecule has 1 amide bonds. The van der Waals surface area contributed by atoms with E-state index in [4.69, 9.17) is 10.00 Å². The molecule has 0 spiro atoms. The highest BCUT2D eigenvalue weighted by molar-refractivity contribution is 5.79. The molecule has 0 radical (unpaired) electrons. The number of nitrogens with one attached hydrogen (secondary N) is 1. The smallest absolute Gasteiger partial charge is 0.236 e. The molecule has 2 aliphatic rings. The van der Waals surface area contributed by atoms with Crippen molar-refractivity contribution in [1.29, 1.82) is 5.26 Å². The number of fused-ring (bicyclic) bond motifs is 1. The second-order valence-corrected chi connectivity index (χ2v) is 8.38. The molecule has 0 unspecified atom stereocenters. The Balaban J connectivity index is 1.50. The second-order valence-electron chi connectivity index (χ2n) is 8.38. The molecule has 0 saturated carbocycles. The van der Waals surface area contributed by atoms with E-state index in [-0.39, 0.29) is 30.0 Å². The van der Waals surface area contributed by atoms with Gasteiger partial charge in [-0.2, -0.15) is 14.8 Å². The van der Waals surface area contributed by atoms with Crippen LogP contribution in [0, 0.1) is 17.1 Å². The van der Waals surface area contributed by atoms with Crippen molar-refractivity contribution in [3.8, 4) is 17.5 Å². The number of rotatable bonds is 5. The van der Waals surface area contributed by atoms with E-state index in [0.29, 0.717) is 50.8 Å². The number of morpholine rings is 1. The number of piperidine rings is 1. The molecule has 2 aliphatic heterocycles. The lowest BCUT2D eigenvalue weighted by molar-refractivity contribution is -0.131. The summed E-state index contributed by atoms with van der Waals surface area (Å²) < 4.78 is 22.9. The van der Waals surface area contributed by atoms with Gasteiger partial charge in [-0.3, -0.25) is 4.79 Å². The van der Waals surface area contributed by atoms with Crippen LogP contribution >= 0.6 is 0 Å². The first-order chi connectivity index (χ1) is 16.6. The number of hydrogen-bond donors (Lipinski definition) is 1. The normalized spacial score (nSPS) is 18.6. The van der Waals surface area contributed by atoms with Gasteiger partial charge in [-0.05, 0) is 25.0 Å². The molecule has 34 heavy (non-hydrogen) atoms. The molecule has 5 rings (SSSR count). The second kappa shape index (κ2) is 9.61. The van der Waals surface area contributed by atoms with Crippen molar-refractivity contribution in [1.82, 2.24) is 24.5 Å². The number of nitriles is 1. The fourth-order valence-electron chi connectivity index (χ4n) is 4.44. The van der Waals surface area contributed by atoms with Crippen LogP contribution in [0.4, 0.5) is 16.0 Å². The van der Waals surface area contributed by atoms with Gasteiger partial charge in [-0.1, -0.05) is 6.07 Å². The Labute approximate surface area is 196 Å². The quantitative estimate of drug-likeness (QED) is 0.611. The summed E-state index contributed by atoms with van der Waals surface area (Å²) in [5, 5.41) is 16.4. The molecule has 2 saturated heterocycles. The number of carbonyl (C=O) groups excluding carboxylic acids is 1. The minimum atomic E-state index is -0.525. The lowest BCUT2D eigenvalue weighted by Crippen LogP contribution is -2.45. The number of anilines is 2. The summed E-state index contributed by atoms with van der Waals surface area (Å²) >= 11 is 0. The number of nitrogens with zero attached hydrogens (tertiary/aromatic N) is 7. The summed E-state index contributed by atoms with van der Waals surface area (Å²) in [5.41, 5.74) is 1.52. The number of likely N-dealkylation sites (tertiary alicyclic amines) is 1. The predicted molar refractivity (Wildman–Crippen MR) is 123 cm³/mol. The first kappa shape index (κ1) is 22.0. The zero-order chi connectivity index (χ0) is 23.5. The minimum absolute atomic E-state index is 0.0985. The number of pyridine rings is 1. The SMILES string of the molecule is N#CCC(=O)N1CCC[C@@H](Nc2nc(-c3cnn4ccccc34)nc(N3CCOCC3)c2F)C1. The number of amides is 1. The summed E-state index contributed by atoms with van der Waals surface area (Å²) in [6, 6.07) is 7.41. The standard InChI is InChI=1S/C23H25FN8O2/c24-20-22(27-16-4-3-8-31(15-16)19(33)6-7-25)28-21(29-23(20)30-10-12-34-13-11-30)17-14-26-32-9-2-1-5-18(17)32/h1-2,5,9,14,16H,3-4,6,8,10-13,15H2,(H,27,28,29)/t16-/m1/s1. The molecular weight excluding hydrogens is 439 g/mol. The highest BCUT2D eigenvalue weighted by atomic mass is 19.1. The zero-order valence-corrected chi connectivity index (χ0v) is 18.7. The van der Waals surface area contributed by atoms with Crippen LogP contribution in [0.5, 0.6) is 0 Å². The van der Waals surface area contributed by atoms with Crippen LogP contribution in [0.2, 0.25) is 0 Å². The summed E-state index contributed by atoms with van der Waals surface area (Å²) in [6.07, 6.45) is 4.88. The van der Waals surface area contributed by atoms with Crippen molar-refractivity contribution < 1.29 is 13.9 Å². The highest BCUT2D eigenvalue weighted by Gasteiger charge is 2.28. The van der Waals surface area contributed by atoms with Crippen molar-refractivity contribution in [2.45, 2.75) is 25.3 Å². The number of halogens is 1. The van der Waals surface area contributed by atoms with Crippen molar-refractivity contribution in [2.75, 3.05) is 49.6 Å². The average Bonchev–Trinajstić information content (AvgIpc) is 3.30. The Morgan fingerprint density at radius 2 is 2.12 bits per heavy atom. The Morgan fingerprint density at radius 3 is 2.94 bits per heavy atom. The van der Waals surface area contributed by atoms with Crippen molar-refractivity contribution >= 4 is 23.1 Å². The van der Waals surface area contributed by atoms with Crippen LogP contribution < -0.4 is 10.2 Å². The summed E-state index contributed by atoms with van der Waals surface area (Å²) in [5.74, 6) is -0.0405. The molecule has 3 aromatic rings. The third-order valence-corrected chi connectivity index (χ3v) is 6.16. The van der Waals surface area contributed by atoms with E-state index in [1.54, 1.807) is 15.6 Å². The number of ether oxygens (including phenoxy) is 1. The molecule has 10 nitrogen and oxygen atoms in total. The molecule has 11 heteroatoms. The molecule has 0 aliphatic carbocycles. The first-order valence-corrected chi connectivity index (χ1v) is 11.4. The van der Waals surface area contributed by atoms with Gasteiger partial charge in [-0.25, -0.2) is 14.5 Å². The van der Waals surface area contributed by atoms with Gasteiger partial charge < -0.3 is 19.9 Å². The molecule has 5 heterocycles. The van der Waals surface area contributed by atoms with Gasteiger partial charge in [-0.15, -0.1) is 0 Å². The van der Waals surface area contributed by atoms with E-state index < -0.39 is 5.82 Å². The van der Waals surface area contributed by atoms with E-state index in [1.165, 1.54) is 0 Å². The topological polar surface area (TPSA) is 112 Å². The van der Waals surface area contributed by atoms with E-state index in [2.05, 4.69) is 20.4 Å². The molecule has 1 N–H and O–H groups in total. The van der Waals surface area contributed by atoms with Gasteiger partial charge in [0.1, 0.15) is 6.42 Å². The van der Waals surface area contributed by atoms with Crippen LogP contribution in [0.25, 0.3) is 16.9 Å². The molecule has 3 aromatic heterocycles. The van der Waals surface area contributed by atoms with Gasteiger partial charge in [0, 0.05) is 38.4 Å². The highest BCUT2D eigenvalue weighted by Crippen LogP contribution is 2.30. The van der Waals surface area contributed by atoms with Gasteiger partial charge in [0.2, 0.25) is 11.7 Å². The van der Waals surface area contributed by atoms with Crippen molar-refractivity contribution in [3.63, 3.8) is 0 Å². The molecule has 0 bridgehead atoms. The number of hydrogen-bond acceptors (Lipinski definition) is 8. The van der Waals surface area contributed by atoms with Crippen LogP contribution in [0.1, 0.15) is 19.3 Å². The maximum absolute atomic E-state index is 15.7. The minimum Gasteiger partial charge on any atom is -0.378 e. The Morgan fingerprint density at radius 1 is 1.26 bits per heavy atom. The average molecular weight is 465 g/mol. The Bertz CT molecular complexity index is 1230. The third kappa shape index (κ3) is 4.36.